The van der Waals surface area contributed by atoms with E-state index in [0.717, 1.165) is 25.7 Å². The highest BCUT2D eigenvalue weighted by Gasteiger charge is 2.38. The number of benzene rings is 1. The average Bonchev–Trinajstić information content (AvgIpc) is 3.21. The van der Waals surface area contributed by atoms with E-state index in [-0.39, 0.29) is 16.9 Å². The lowest BCUT2D eigenvalue weighted by Gasteiger charge is -2.37. The van der Waals surface area contributed by atoms with Crippen LogP contribution in [0.3, 0.4) is 0 Å². The van der Waals surface area contributed by atoms with Gasteiger partial charge in [0.2, 0.25) is 0 Å². The number of hydrogen-bond donors (Lipinski definition) is 0. The van der Waals surface area contributed by atoms with Crippen LogP contribution in [0.25, 0.3) is 11.5 Å². The second-order valence-corrected chi connectivity index (χ2v) is 7.18. The first-order chi connectivity index (χ1) is 13.5. The topological polar surface area (TPSA) is 64.7 Å². The van der Waals surface area contributed by atoms with Crippen LogP contribution in [0.2, 0.25) is 0 Å². The number of alkyl halides is 3. The molecule has 1 aliphatic carbocycles. The van der Waals surface area contributed by atoms with E-state index in [0.29, 0.717) is 12.2 Å². The normalized spacial score (nSPS) is 16.8. The van der Waals surface area contributed by atoms with Crippen LogP contribution >= 0.6 is 0 Å². The minimum absolute atomic E-state index is 0.00499. The molecule has 0 spiro atoms. The van der Waals surface area contributed by atoms with E-state index in [1.165, 1.54) is 24.4 Å². The van der Waals surface area contributed by atoms with Gasteiger partial charge in [0.15, 0.2) is 0 Å². The lowest BCUT2D eigenvalue weighted by atomic mass is 9.67. The third-order valence-corrected chi connectivity index (χ3v) is 5.31. The van der Waals surface area contributed by atoms with Gasteiger partial charge in [-0.3, -0.25) is 0 Å². The van der Waals surface area contributed by atoms with E-state index in [2.05, 4.69) is 36.7 Å². The molecule has 0 N–H and O–H groups in total. The minimum Gasteiger partial charge on any atom is -0.413 e. The molecule has 4 rings (SSSR count). The van der Waals surface area contributed by atoms with Crippen LogP contribution in [0.1, 0.15) is 49.4 Å². The summed E-state index contributed by atoms with van der Waals surface area (Å²) in [6.07, 6.45) is 4.60. The summed E-state index contributed by atoms with van der Waals surface area (Å²) in [6.45, 7) is 0. The second-order valence-electron chi connectivity index (χ2n) is 7.18. The summed E-state index contributed by atoms with van der Waals surface area (Å²) in [5.74, 6) is -0.962. The number of hydrogen-bond acceptors (Lipinski definition) is 5. The molecule has 5 nitrogen and oxygen atoms in total. The van der Waals surface area contributed by atoms with Crippen LogP contribution in [-0.2, 0) is 18.0 Å². The first-order valence-electron chi connectivity index (χ1n) is 9.24. The Bertz CT molecular complexity index is 917. The molecule has 1 saturated carbocycles. The van der Waals surface area contributed by atoms with E-state index >= 15 is 0 Å². The van der Waals surface area contributed by atoms with Gasteiger partial charge in [0.05, 0.1) is 5.56 Å². The molecule has 146 valence electrons. The van der Waals surface area contributed by atoms with Crippen molar-refractivity contribution < 1.29 is 17.6 Å². The Balaban J connectivity index is 1.57. The van der Waals surface area contributed by atoms with Crippen molar-refractivity contribution >= 4 is 0 Å². The van der Waals surface area contributed by atoms with E-state index in [1.54, 1.807) is 0 Å². The van der Waals surface area contributed by atoms with Gasteiger partial charge in [-0.25, -0.2) is 9.97 Å². The largest absolute Gasteiger partial charge is 0.470 e. The maximum Gasteiger partial charge on any atom is 0.470 e. The zero-order valence-electron chi connectivity index (χ0n) is 15.1. The van der Waals surface area contributed by atoms with Crippen LogP contribution in [0.5, 0.6) is 0 Å². The molecule has 0 atom stereocenters. The summed E-state index contributed by atoms with van der Waals surface area (Å²) in [5, 5.41) is 6.48. The fourth-order valence-electron chi connectivity index (χ4n) is 3.90. The van der Waals surface area contributed by atoms with E-state index in [1.807, 2.05) is 18.2 Å². The highest BCUT2D eigenvalue weighted by Crippen LogP contribution is 2.41. The minimum atomic E-state index is -4.67. The van der Waals surface area contributed by atoms with E-state index in [9.17, 15) is 13.2 Å². The predicted molar refractivity (Wildman–Crippen MR) is 95.2 cm³/mol. The smallest absolute Gasteiger partial charge is 0.413 e. The van der Waals surface area contributed by atoms with Gasteiger partial charge in [0.25, 0.3) is 5.89 Å². The highest BCUT2D eigenvalue weighted by molar-refractivity contribution is 5.48. The first-order valence-corrected chi connectivity index (χ1v) is 9.24. The SMILES string of the molecule is FC(F)(F)c1nnc(-c2cnc(CC3(c4ccccc4)CCCCC3)nc2)o1. The quantitative estimate of drug-likeness (QED) is 0.630. The molecule has 0 aliphatic heterocycles. The van der Waals surface area contributed by atoms with Gasteiger partial charge in [-0.05, 0) is 18.4 Å². The Kier molecular flexibility index (Phi) is 4.87. The molecular formula is C20H19F3N4O. The van der Waals surface area contributed by atoms with Crippen molar-refractivity contribution in [1.82, 2.24) is 20.2 Å². The molecule has 0 amide bonds. The summed E-state index contributed by atoms with van der Waals surface area (Å²) >= 11 is 0. The Labute approximate surface area is 160 Å². The molecule has 1 aromatic carbocycles. The molecule has 1 fully saturated rings. The van der Waals surface area contributed by atoms with Crippen molar-refractivity contribution in [1.29, 1.82) is 0 Å². The predicted octanol–water partition coefficient (Wildman–Crippen LogP) is 4.99. The molecular weight excluding hydrogens is 369 g/mol. The zero-order valence-corrected chi connectivity index (χ0v) is 15.1. The molecule has 2 heterocycles. The summed E-state index contributed by atoms with van der Waals surface area (Å²) in [4.78, 5) is 8.74. The van der Waals surface area contributed by atoms with Crippen LogP contribution in [-0.4, -0.2) is 20.2 Å². The van der Waals surface area contributed by atoms with Crippen LogP contribution in [0.15, 0.2) is 47.1 Å². The maximum absolute atomic E-state index is 12.6. The average molecular weight is 388 g/mol. The van der Waals surface area contributed by atoms with Crippen molar-refractivity contribution in [2.24, 2.45) is 0 Å². The molecule has 0 saturated heterocycles. The fourth-order valence-corrected chi connectivity index (χ4v) is 3.90. The molecule has 28 heavy (non-hydrogen) atoms. The molecule has 2 aromatic heterocycles. The lowest BCUT2D eigenvalue weighted by molar-refractivity contribution is -0.156. The Morgan fingerprint density at radius 2 is 1.61 bits per heavy atom. The third-order valence-electron chi connectivity index (χ3n) is 5.31. The van der Waals surface area contributed by atoms with Gasteiger partial charge < -0.3 is 4.42 Å². The van der Waals surface area contributed by atoms with Crippen molar-refractivity contribution in [3.8, 4) is 11.5 Å². The van der Waals surface area contributed by atoms with Gasteiger partial charge in [-0.2, -0.15) is 13.2 Å². The number of aromatic nitrogens is 4. The van der Waals surface area contributed by atoms with Gasteiger partial charge >= 0.3 is 12.1 Å². The summed E-state index contributed by atoms with van der Waals surface area (Å²) in [6, 6.07) is 10.4. The zero-order chi connectivity index (χ0) is 19.6. The first kappa shape index (κ1) is 18.6. The monoisotopic (exact) mass is 388 g/mol. The van der Waals surface area contributed by atoms with Gasteiger partial charge in [0.1, 0.15) is 5.82 Å². The molecule has 3 aromatic rings. The Hall–Kier alpha value is -2.77. The van der Waals surface area contributed by atoms with Crippen LogP contribution < -0.4 is 0 Å². The fraction of sp³-hybridized carbons (Fsp3) is 0.400. The Morgan fingerprint density at radius 1 is 0.929 bits per heavy atom. The lowest BCUT2D eigenvalue weighted by Crippen LogP contribution is -2.32. The molecule has 0 radical (unpaired) electrons. The highest BCUT2D eigenvalue weighted by atomic mass is 19.4. The third kappa shape index (κ3) is 3.76. The van der Waals surface area contributed by atoms with E-state index in [4.69, 9.17) is 0 Å². The number of halogens is 3. The molecule has 8 heteroatoms. The second kappa shape index (κ2) is 7.33. The van der Waals surface area contributed by atoms with Crippen LogP contribution in [0.4, 0.5) is 13.2 Å². The van der Waals surface area contributed by atoms with Crippen molar-refractivity contribution in [3.63, 3.8) is 0 Å². The standard InChI is InChI=1S/C20H19F3N4O/c21-20(22,23)18-27-26-17(28-18)14-12-24-16(25-13-14)11-19(9-5-2-6-10-19)15-7-3-1-4-8-15/h1,3-4,7-8,12-13H,2,5-6,9-11H2. The number of rotatable bonds is 4. The van der Waals surface area contributed by atoms with Crippen LogP contribution in [0, 0.1) is 0 Å². The van der Waals surface area contributed by atoms with E-state index < -0.39 is 12.1 Å². The Morgan fingerprint density at radius 3 is 2.21 bits per heavy atom. The van der Waals surface area contributed by atoms with Crippen molar-refractivity contribution in [3.05, 3.63) is 60.0 Å². The van der Waals surface area contributed by atoms with Crippen molar-refractivity contribution in [2.75, 3.05) is 0 Å². The van der Waals surface area contributed by atoms with Gasteiger partial charge in [0, 0.05) is 24.2 Å². The molecule has 1 aliphatic rings. The number of nitrogens with zero attached hydrogens (tertiary/aromatic N) is 4. The van der Waals surface area contributed by atoms with Gasteiger partial charge in [-0.15, -0.1) is 10.2 Å². The van der Waals surface area contributed by atoms with Crippen molar-refractivity contribution in [2.45, 2.75) is 50.1 Å². The maximum atomic E-state index is 12.6. The summed E-state index contributed by atoms with van der Waals surface area (Å²) in [5.41, 5.74) is 1.55. The summed E-state index contributed by atoms with van der Waals surface area (Å²) < 4.78 is 42.5. The summed E-state index contributed by atoms with van der Waals surface area (Å²) in [7, 11) is 0. The molecule has 0 bridgehead atoms. The van der Waals surface area contributed by atoms with Gasteiger partial charge in [-0.1, -0.05) is 49.6 Å². The molecule has 0 unspecified atom stereocenters.